The Morgan fingerprint density at radius 2 is 1.47 bits per heavy atom. The first-order chi connectivity index (χ1) is 6.54. The molecule has 0 aromatic carbocycles. The van der Waals surface area contributed by atoms with Gasteiger partial charge in [-0.05, 0) is 50.0 Å². The maximum Gasteiger partial charge on any atom is 0.392 e. The van der Waals surface area contributed by atoms with Crippen LogP contribution < -0.4 is 5.73 Å². The van der Waals surface area contributed by atoms with Crippen LogP contribution >= 0.6 is 12.4 Å². The maximum atomic E-state index is 12.8. The molecule has 3 saturated carbocycles. The molecule has 1 nitrogen and oxygen atoms in total. The third kappa shape index (κ3) is 2.26. The average Bonchev–Trinajstić information content (AvgIpc) is 2.16. The fourth-order valence-corrected chi connectivity index (χ4v) is 3.42. The van der Waals surface area contributed by atoms with Gasteiger partial charge in [-0.25, -0.2) is 0 Å². The molecule has 0 spiro atoms. The number of rotatable bonds is 1. The minimum atomic E-state index is -4.03. The molecule has 0 radical (unpaired) electrons. The van der Waals surface area contributed by atoms with Crippen LogP contribution in [-0.2, 0) is 0 Å². The van der Waals surface area contributed by atoms with Crippen molar-refractivity contribution in [1.29, 1.82) is 0 Å². The lowest BCUT2D eigenvalue weighted by molar-refractivity contribution is -0.228. The van der Waals surface area contributed by atoms with E-state index in [1.54, 1.807) is 0 Å². The average molecular weight is 244 g/mol. The Balaban J connectivity index is 0.00000112. The standard InChI is InChI=1S/C10H16F3N.ClH/c11-10(12,13)9-7-3-1-6(2-4-7)8(9)5-14;/h6-9H,1-5,14H2;1H/t6?,7?,8-,9-;/m0./s1. The largest absolute Gasteiger partial charge is 0.392 e. The summed E-state index contributed by atoms with van der Waals surface area (Å²) in [7, 11) is 0. The fourth-order valence-electron chi connectivity index (χ4n) is 3.42. The summed E-state index contributed by atoms with van der Waals surface area (Å²) in [4.78, 5) is 0. The highest BCUT2D eigenvalue weighted by Crippen LogP contribution is 2.53. The van der Waals surface area contributed by atoms with Crippen LogP contribution in [0.5, 0.6) is 0 Å². The first-order valence-electron chi connectivity index (χ1n) is 5.31. The van der Waals surface area contributed by atoms with Gasteiger partial charge in [0.1, 0.15) is 0 Å². The number of fused-ring (bicyclic) bond motifs is 3. The molecule has 3 fully saturated rings. The van der Waals surface area contributed by atoms with Crippen LogP contribution in [0.15, 0.2) is 0 Å². The second kappa shape index (κ2) is 4.50. The molecule has 5 heteroatoms. The van der Waals surface area contributed by atoms with Gasteiger partial charge in [-0.2, -0.15) is 13.2 Å². The van der Waals surface area contributed by atoms with Crippen molar-refractivity contribution in [3.63, 3.8) is 0 Å². The molecular formula is C10H17ClF3N. The Morgan fingerprint density at radius 3 is 1.80 bits per heavy atom. The SMILES string of the molecule is Cl.NC[C@H]1C2CCC(CC2)[C@@H]1C(F)(F)F. The molecule has 2 N–H and O–H groups in total. The van der Waals surface area contributed by atoms with Gasteiger partial charge in [-0.3, -0.25) is 0 Å². The molecule has 0 aromatic rings. The summed E-state index contributed by atoms with van der Waals surface area (Å²) in [5.74, 6) is -1.33. The molecule has 2 bridgehead atoms. The van der Waals surface area contributed by atoms with Gasteiger partial charge in [0.05, 0.1) is 5.92 Å². The third-order valence-electron chi connectivity index (χ3n) is 4.04. The fraction of sp³-hybridized carbons (Fsp3) is 1.00. The molecule has 0 saturated heterocycles. The van der Waals surface area contributed by atoms with Crippen molar-refractivity contribution in [2.24, 2.45) is 29.4 Å². The van der Waals surface area contributed by atoms with E-state index in [0.717, 1.165) is 25.7 Å². The molecule has 3 aliphatic carbocycles. The molecule has 90 valence electrons. The van der Waals surface area contributed by atoms with E-state index >= 15 is 0 Å². The van der Waals surface area contributed by atoms with Crippen molar-refractivity contribution in [2.45, 2.75) is 31.9 Å². The highest BCUT2D eigenvalue weighted by molar-refractivity contribution is 5.85. The van der Waals surface area contributed by atoms with Crippen molar-refractivity contribution < 1.29 is 13.2 Å². The van der Waals surface area contributed by atoms with Crippen LogP contribution in [0.3, 0.4) is 0 Å². The third-order valence-corrected chi connectivity index (χ3v) is 4.04. The first kappa shape index (κ1) is 13.1. The Bertz CT molecular complexity index is 211. The van der Waals surface area contributed by atoms with Crippen molar-refractivity contribution in [2.75, 3.05) is 6.54 Å². The zero-order valence-corrected chi connectivity index (χ0v) is 9.28. The summed E-state index contributed by atoms with van der Waals surface area (Å²) in [6.45, 7) is 0.200. The molecule has 3 aliphatic rings. The van der Waals surface area contributed by atoms with Gasteiger partial charge in [0.25, 0.3) is 0 Å². The molecule has 0 heterocycles. The van der Waals surface area contributed by atoms with Crippen molar-refractivity contribution in [3.05, 3.63) is 0 Å². The number of halogens is 4. The topological polar surface area (TPSA) is 26.0 Å². The monoisotopic (exact) mass is 243 g/mol. The summed E-state index contributed by atoms with van der Waals surface area (Å²) in [5.41, 5.74) is 5.48. The molecule has 15 heavy (non-hydrogen) atoms. The van der Waals surface area contributed by atoms with Crippen molar-refractivity contribution in [1.82, 2.24) is 0 Å². The Morgan fingerprint density at radius 1 is 1.00 bits per heavy atom. The van der Waals surface area contributed by atoms with Crippen LogP contribution in [0.1, 0.15) is 25.7 Å². The molecule has 3 rings (SSSR count). The van der Waals surface area contributed by atoms with Crippen LogP contribution in [0.25, 0.3) is 0 Å². The highest BCUT2D eigenvalue weighted by atomic mass is 35.5. The number of hydrogen-bond acceptors (Lipinski definition) is 1. The molecule has 0 aromatic heterocycles. The zero-order chi connectivity index (χ0) is 10.3. The molecular weight excluding hydrogens is 227 g/mol. The van der Waals surface area contributed by atoms with Crippen LogP contribution in [-0.4, -0.2) is 12.7 Å². The second-order valence-electron chi connectivity index (χ2n) is 4.64. The summed E-state index contributed by atoms with van der Waals surface area (Å²) < 4.78 is 38.3. The molecule has 0 aliphatic heterocycles. The van der Waals surface area contributed by atoms with E-state index in [1.807, 2.05) is 0 Å². The number of nitrogens with two attached hydrogens (primary N) is 1. The van der Waals surface area contributed by atoms with Crippen molar-refractivity contribution >= 4 is 12.4 Å². The van der Waals surface area contributed by atoms with E-state index in [4.69, 9.17) is 5.73 Å². The summed E-state index contributed by atoms with van der Waals surface area (Å²) >= 11 is 0. The minimum Gasteiger partial charge on any atom is -0.330 e. The smallest absolute Gasteiger partial charge is 0.330 e. The number of hydrogen-bond donors (Lipinski definition) is 1. The normalized spacial score (nSPS) is 40.0. The zero-order valence-electron chi connectivity index (χ0n) is 8.46. The van der Waals surface area contributed by atoms with Crippen LogP contribution in [0.2, 0.25) is 0 Å². The van der Waals surface area contributed by atoms with Gasteiger partial charge in [-0.1, -0.05) is 0 Å². The Hall–Kier alpha value is 0.0400. The van der Waals surface area contributed by atoms with E-state index in [0.29, 0.717) is 0 Å². The van der Waals surface area contributed by atoms with E-state index in [-0.39, 0.29) is 36.7 Å². The van der Waals surface area contributed by atoms with Gasteiger partial charge >= 0.3 is 6.18 Å². The Kier molecular flexibility index (Phi) is 3.93. The van der Waals surface area contributed by atoms with Crippen LogP contribution in [0, 0.1) is 23.7 Å². The summed E-state index contributed by atoms with van der Waals surface area (Å²) in [6, 6.07) is 0. The lowest BCUT2D eigenvalue weighted by Crippen LogP contribution is -2.49. The van der Waals surface area contributed by atoms with Gasteiger partial charge in [-0.15, -0.1) is 12.4 Å². The summed E-state index contributed by atoms with van der Waals surface area (Å²) in [6.07, 6.45) is -0.608. The number of alkyl halides is 3. The van der Waals surface area contributed by atoms with E-state index < -0.39 is 12.1 Å². The second-order valence-corrected chi connectivity index (χ2v) is 4.64. The van der Waals surface area contributed by atoms with E-state index in [9.17, 15) is 13.2 Å². The molecule has 2 atom stereocenters. The quantitative estimate of drug-likeness (QED) is 0.753. The lowest BCUT2D eigenvalue weighted by atomic mass is 9.58. The Labute approximate surface area is 94.0 Å². The predicted molar refractivity (Wildman–Crippen MR) is 54.8 cm³/mol. The van der Waals surface area contributed by atoms with Gasteiger partial charge in [0.15, 0.2) is 0 Å². The van der Waals surface area contributed by atoms with E-state index in [1.165, 1.54) is 0 Å². The van der Waals surface area contributed by atoms with Crippen LogP contribution in [0.4, 0.5) is 13.2 Å². The maximum absolute atomic E-state index is 12.8. The van der Waals surface area contributed by atoms with Crippen molar-refractivity contribution in [3.8, 4) is 0 Å². The lowest BCUT2D eigenvalue weighted by Gasteiger charge is -2.48. The molecule has 0 amide bonds. The van der Waals surface area contributed by atoms with Gasteiger partial charge in [0.2, 0.25) is 0 Å². The predicted octanol–water partition coefficient (Wildman–Crippen LogP) is 2.98. The highest BCUT2D eigenvalue weighted by Gasteiger charge is 2.54. The first-order valence-corrected chi connectivity index (χ1v) is 5.31. The summed E-state index contributed by atoms with van der Waals surface area (Å²) in [5, 5.41) is 0. The van der Waals surface area contributed by atoms with E-state index in [2.05, 4.69) is 0 Å². The van der Waals surface area contributed by atoms with Gasteiger partial charge < -0.3 is 5.73 Å². The van der Waals surface area contributed by atoms with Gasteiger partial charge in [0, 0.05) is 0 Å². The molecule has 0 unspecified atom stereocenters. The minimum absolute atomic E-state index is 0.